The molecule has 1 aromatic heterocycles. The van der Waals surface area contributed by atoms with Crippen LogP contribution >= 0.6 is 0 Å². The van der Waals surface area contributed by atoms with Gasteiger partial charge in [0.25, 0.3) is 0 Å². The highest BCUT2D eigenvalue weighted by Gasteiger charge is 2.23. The van der Waals surface area contributed by atoms with E-state index < -0.39 is 0 Å². The maximum absolute atomic E-state index is 4.31. The van der Waals surface area contributed by atoms with Crippen LogP contribution in [0.4, 0.5) is 0 Å². The zero-order chi connectivity index (χ0) is 12.3. The summed E-state index contributed by atoms with van der Waals surface area (Å²) in [5.74, 6) is 0.764. The smallest absolute Gasteiger partial charge is 0.0948 e. The van der Waals surface area contributed by atoms with Gasteiger partial charge in [0, 0.05) is 12.7 Å². The van der Waals surface area contributed by atoms with E-state index in [1.54, 1.807) is 0 Å². The number of allylic oxidation sites excluding steroid dienone is 2. The van der Waals surface area contributed by atoms with Crippen LogP contribution in [-0.2, 0) is 12.1 Å². The third kappa shape index (κ3) is 2.78. The molecule has 1 atom stereocenters. The molecule has 0 spiro atoms. The Balaban J connectivity index is 2.11. The first-order valence-electron chi connectivity index (χ1n) is 6.48. The predicted molar refractivity (Wildman–Crippen MR) is 70.8 cm³/mol. The van der Waals surface area contributed by atoms with E-state index in [-0.39, 0.29) is 5.54 Å². The van der Waals surface area contributed by atoms with E-state index in [0.29, 0.717) is 0 Å². The highest BCUT2D eigenvalue weighted by Crippen LogP contribution is 2.24. The van der Waals surface area contributed by atoms with Gasteiger partial charge in [-0.05, 0) is 46.1 Å². The summed E-state index contributed by atoms with van der Waals surface area (Å²) in [4.78, 5) is 4.31. The van der Waals surface area contributed by atoms with Crippen LogP contribution in [0.3, 0.4) is 0 Å². The molecule has 0 saturated heterocycles. The molecular weight excluding hydrogens is 210 g/mol. The highest BCUT2D eigenvalue weighted by molar-refractivity contribution is 5.11. The van der Waals surface area contributed by atoms with Crippen molar-refractivity contribution in [2.45, 2.75) is 45.2 Å². The van der Waals surface area contributed by atoms with Crippen molar-refractivity contribution in [3.8, 4) is 0 Å². The van der Waals surface area contributed by atoms with Crippen LogP contribution in [0, 0.1) is 5.92 Å². The Hall–Kier alpha value is -1.09. The van der Waals surface area contributed by atoms with Crippen LogP contribution in [0.15, 0.2) is 24.7 Å². The average molecular weight is 233 g/mol. The van der Waals surface area contributed by atoms with Gasteiger partial charge in [-0.25, -0.2) is 4.98 Å². The lowest BCUT2D eigenvalue weighted by atomic mass is 9.93. The van der Waals surface area contributed by atoms with E-state index in [4.69, 9.17) is 0 Å². The van der Waals surface area contributed by atoms with Gasteiger partial charge in [0.15, 0.2) is 0 Å². The molecule has 0 amide bonds. The molecule has 1 N–H and O–H groups in total. The molecular formula is C14H23N3. The lowest BCUT2D eigenvalue weighted by Gasteiger charge is -2.27. The van der Waals surface area contributed by atoms with Crippen molar-refractivity contribution in [2.24, 2.45) is 5.92 Å². The van der Waals surface area contributed by atoms with Gasteiger partial charge in [-0.3, -0.25) is 0 Å². The Morgan fingerprint density at radius 1 is 1.47 bits per heavy atom. The van der Waals surface area contributed by atoms with Gasteiger partial charge < -0.3 is 9.88 Å². The van der Waals surface area contributed by atoms with Gasteiger partial charge in [0.1, 0.15) is 0 Å². The van der Waals surface area contributed by atoms with Gasteiger partial charge >= 0.3 is 0 Å². The molecule has 1 aliphatic rings. The van der Waals surface area contributed by atoms with Gasteiger partial charge in [-0.15, -0.1) is 0 Å². The maximum Gasteiger partial charge on any atom is 0.0948 e. The molecule has 1 unspecified atom stereocenters. The summed E-state index contributed by atoms with van der Waals surface area (Å²) in [6, 6.07) is 0. The maximum atomic E-state index is 4.31. The van der Waals surface area contributed by atoms with E-state index in [0.717, 1.165) is 12.5 Å². The highest BCUT2D eigenvalue weighted by atomic mass is 15.1. The number of rotatable bonds is 4. The van der Waals surface area contributed by atoms with Crippen molar-refractivity contribution >= 4 is 0 Å². The van der Waals surface area contributed by atoms with Crippen LogP contribution in [0.1, 0.15) is 38.8 Å². The summed E-state index contributed by atoms with van der Waals surface area (Å²) in [6.07, 6.45) is 12.3. The van der Waals surface area contributed by atoms with E-state index in [2.05, 4.69) is 40.9 Å². The second-order valence-corrected chi connectivity index (χ2v) is 5.46. The Morgan fingerprint density at radius 2 is 2.29 bits per heavy atom. The van der Waals surface area contributed by atoms with Crippen molar-refractivity contribution in [2.75, 3.05) is 7.05 Å². The third-order valence-electron chi connectivity index (χ3n) is 3.81. The van der Waals surface area contributed by atoms with Gasteiger partial charge in [-0.2, -0.15) is 0 Å². The zero-order valence-electron chi connectivity index (χ0n) is 11.1. The molecule has 1 aliphatic carbocycles. The molecule has 94 valence electrons. The molecule has 0 aromatic carbocycles. The van der Waals surface area contributed by atoms with E-state index in [1.807, 2.05) is 19.6 Å². The topological polar surface area (TPSA) is 29.9 Å². The van der Waals surface area contributed by atoms with Crippen LogP contribution in [-0.4, -0.2) is 16.6 Å². The molecule has 1 heterocycles. The normalized spacial score (nSPS) is 20.8. The molecule has 0 saturated carbocycles. The minimum Gasteiger partial charge on any atom is -0.333 e. The third-order valence-corrected chi connectivity index (χ3v) is 3.81. The number of imidazole rings is 1. The molecule has 3 nitrogen and oxygen atoms in total. The van der Waals surface area contributed by atoms with Crippen LogP contribution in [0.2, 0.25) is 0 Å². The molecule has 0 aliphatic heterocycles. The molecule has 3 heteroatoms. The summed E-state index contributed by atoms with van der Waals surface area (Å²) in [5, 5.41) is 3.35. The predicted octanol–water partition coefficient (Wildman–Crippen LogP) is 2.69. The van der Waals surface area contributed by atoms with Gasteiger partial charge in [-0.1, -0.05) is 12.2 Å². The standard InChI is InChI=1S/C14H23N3/c1-14(2,15-3)13-9-16-11-17(13)10-12-7-5-4-6-8-12/h4-5,9,11-12,15H,6-8,10H2,1-3H3. The summed E-state index contributed by atoms with van der Waals surface area (Å²) >= 11 is 0. The molecule has 0 radical (unpaired) electrons. The van der Waals surface area contributed by atoms with E-state index in [1.165, 1.54) is 25.0 Å². The Kier molecular flexibility index (Phi) is 3.67. The number of nitrogens with one attached hydrogen (secondary N) is 1. The fourth-order valence-electron chi connectivity index (χ4n) is 2.42. The Morgan fingerprint density at radius 3 is 2.94 bits per heavy atom. The van der Waals surface area contributed by atoms with Crippen LogP contribution in [0.25, 0.3) is 0 Å². The summed E-state index contributed by atoms with van der Waals surface area (Å²) < 4.78 is 2.31. The summed E-state index contributed by atoms with van der Waals surface area (Å²) in [6.45, 7) is 5.48. The van der Waals surface area contributed by atoms with Gasteiger partial charge in [0.2, 0.25) is 0 Å². The second kappa shape index (κ2) is 5.05. The fraction of sp³-hybridized carbons (Fsp3) is 0.643. The first-order valence-corrected chi connectivity index (χ1v) is 6.48. The minimum atomic E-state index is -0.0129. The van der Waals surface area contributed by atoms with E-state index in [9.17, 15) is 0 Å². The number of hydrogen-bond acceptors (Lipinski definition) is 2. The van der Waals surface area contributed by atoms with Crippen molar-refractivity contribution < 1.29 is 0 Å². The monoisotopic (exact) mass is 233 g/mol. The molecule has 0 fully saturated rings. The van der Waals surface area contributed by atoms with Crippen LogP contribution in [0.5, 0.6) is 0 Å². The molecule has 2 rings (SSSR count). The number of nitrogens with zero attached hydrogens (tertiary/aromatic N) is 2. The largest absolute Gasteiger partial charge is 0.333 e. The molecule has 0 bridgehead atoms. The van der Waals surface area contributed by atoms with Gasteiger partial charge in [0.05, 0.1) is 17.6 Å². The molecule has 1 aromatic rings. The quantitative estimate of drug-likeness (QED) is 0.810. The van der Waals surface area contributed by atoms with Crippen LogP contribution < -0.4 is 5.32 Å². The van der Waals surface area contributed by atoms with Crippen molar-refractivity contribution in [3.63, 3.8) is 0 Å². The second-order valence-electron chi connectivity index (χ2n) is 5.46. The first-order chi connectivity index (χ1) is 8.13. The fourth-order valence-corrected chi connectivity index (χ4v) is 2.42. The van der Waals surface area contributed by atoms with Crippen molar-refractivity contribution in [1.82, 2.24) is 14.9 Å². The number of aromatic nitrogens is 2. The first kappa shape index (κ1) is 12.4. The lowest BCUT2D eigenvalue weighted by Crippen LogP contribution is -2.35. The summed E-state index contributed by atoms with van der Waals surface area (Å²) in [7, 11) is 2.00. The zero-order valence-corrected chi connectivity index (χ0v) is 11.1. The molecule has 17 heavy (non-hydrogen) atoms. The average Bonchev–Trinajstić information content (AvgIpc) is 2.79. The minimum absolute atomic E-state index is 0.0129. The van der Waals surface area contributed by atoms with Crippen molar-refractivity contribution in [1.29, 1.82) is 0 Å². The Bertz CT molecular complexity index is 390. The summed E-state index contributed by atoms with van der Waals surface area (Å²) in [5.41, 5.74) is 1.26. The van der Waals surface area contributed by atoms with E-state index >= 15 is 0 Å². The van der Waals surface area contributed by atoms with Crippen molar-refractivity contribution in [3.05, 3.63) is 30.4 Å². The lowest BCUT2D eigenvalue weighted by molar-refractivity contribution is 0.362. The SMILES string of the molecule is CNC(C)(C)c1cncn1CC1CC=CCC1. The Labute approximate surface area is 104 Å². The number of hydrogen-bond donors (Lipinski definition) is 1.